The highest BCUT2D eigenvalue weighted by Gasteiger charge is 2.21. The average Bonchev–Trinajstić information content (AvgIpc) is 2.89. The maximum Gasteiger partial charge on any atom is 0.335 e. The maximum absolute atomic E-state index is 11.9. The fraction of sp³-hybridized carbons (Fsp3) is 0.600. The summed E-state index contributed by atoms with van der Waals surface area (Å²) in [6.45, 7) is 11.5. The monoisotopic (exact) mass is 500 g/mol. The van der Waals surface area contributed by atoms with Crippen LogP contribution in [0.2, 0.25) is 0 Å². The van der Waals surface area contributed by atoms with Crippen molar-refractivity contribution in [3.05, 3.63) is 59.7 Å². The summed E-state index contributed by atoms with van der Waals surface area (Å²) in [6.07, 6.45) is 10.6. The molecule has 0 aliphatic carbocycles. The number of hydrogen-bond acceptors (Lipinski definition) is 6. The van der Waals surface area contributed by atoms with E-state index >= 15 is 0 Å². The number of ether oxygens (including phenoxy) is 3. The van der Waals surface area contributed by atoms with Gasteiger partial charge in [0.15, 0.2) is 0 Å². The van der Waals surface area contributed by atoms with Gasteiger partial charge in [0.1, 0.15) is 0 Å². The second-order valence-electron chi connectivity index (χ2n) is 10.1. The van der Waals surface area contributed by atoms with E-state index in [1.807, 2.05) is 0 Å². The second kappa shape index (κ2) is 16.3. The van der Waals surface area contributed by atoms with Crippen molar-refractivity contribution in [2.75, 3.05) is 26.4 Å². The molecule has 2 rings (SSSR count). The van der Waals surface area contributed by atoms with Gasteiger partial charge >= 0.3 is 11.9 Å². The number of rotatable bonds is 16. The predicted octanol–water partition coefficient (Wildman–Crippen LogP) is 5.36. The SMILES string of the molecule is C=C(C)C(=O)OCC(COC(=O)C(=C)CO)Cc1ccc(CCC2CCC(CCCCC)CO2)cc1. The number of aryl methyl sites for hydroxylation is 1. The second-order valence-corrected chi connectivity index (χ2v) is 10.1. The summed E-state index contributed by atoms with van der Waals surface area (Å²) in [6, 6.07) is 8.40. The molecule has 0 amide bonds. The van der Waals surface area contributed by atoms with Gasteiger partial charge in [0.05, 0.1) is 31.5 Å². The molecular formula is C30H44O6. The lowest BCUT2D eigenvalue weighted by Gasteiger charge is -2.29. The van der Waals surface area contributed by atoms with E-state index < -0.39 is 18.5 Å². The van der Waals surface area contributed by atoms with Crippen LogP contribution in [0.15, 0.2) is 48.6 Å². The van der Waals surface area contributed by atoms with Crippen LogP contribution in [0.4, 0.5) is 0 Å². The molecule has 1 aromatic rings. The van der Waals surface area contributed by atoms with Crippen molar-refractivity contribution in [1.29, 1.82) is 0 Å². The largest absolute Gasteiger partial charge is 0.462 e. The van der Waals surface area contributed by atoms with E-state index in [-0.39, 0.29) is 24.7 Å². The van der Waals surface area contributed by atoms with Gasteiger partial charge in [0, 0.05) is 18.1 Å². The van der Waals surface area contributed by atoms with E-state index in [2.05, 4.69) is 44.3 Å². The first-order valence-electron chi connectivity index (χ1n) is 13.3. The van der Waals surface area contributed by atoms with E-state index in [1.54, 1.807) is 6.92 Å². The summed E-state index contributed by atoms with van der Waals surface area (Å²) in [5, 5.41) is 9.06. The zero-order valence-corrected chi connectivity index (χ0v) is 22.1. The molecule has 1 N–H and O–H groups in total. The summed E-state index contributed by atoms with van der Waals surface area (Å²) in [7, 11) is 0. The average molecular weight is 501 g/mol. The van der Waals surface area contributed by atoms with Crippen molar-refractivity contribution in [2.24, 2.45) is 11.8 Å². The van der Waals surface area contributed by atoms with Gasteiger partial charge in [-0.1, -0.05) is 63.6 Å². The molecule has 6 nitrogen and oxygen atoms in total. The van der Waals surface area contributed by atoms with Gasteiger partial charge in [0.2, 0.25) is 0 Å². The third-order valence-electron chi connectivity index (χ3n) is 6.71. The smallest absolute Gasteiger partial charge is 0.335 e. The maximum atomic E-state index is 11.9. The Balaban J connectivity index is 1.82. The van der Waals surface area contributed by atoms with Gasteiger partial charge < -0.3 is 19.3 Å². The highest BCUT2D eigenvalue weighted by molar-refractivity contribution is 5.88. The predicted molar refractivity (Wildman–Crippen MR) is 142 cm³/mol. The molecule has 0 saturated carbocycles. The fourth-order valence-electron chi connectivity index (χ4n) is 4.34. The van der Waals surface area contributed by atoms with Crippen LogP contribution in [0.1, 0.15) is 69.9 Å². The number of unbranched alkanes of at least 4 members (excludes halogenated alkanes) is 2. The van der Waals surface area contributed by atoms with Crippen LogP contribution >= 0.6 is 0 Å². The molecule has 3 atom stereocenters. The lowest BCUT2D eigenvalue weighted by Crippen LogP contribution is -2.26. The van der Waals surface area contributed by atoms with Crippen molar-refractivity contribution in [3.8, 4) is 0 Å². The molecule has 6 heteroatoms. The molecule has 1 aliphatic heterocycles. The number of carbonyl (C=O) groups is 2. The van der Waals surface area contributed by atoms with Crippen LogP contribution in [0.5, 0.6) is 0 Å². The Bertz CT molecular complexity index is 836. The molecule has 0 aromatic heterocycles. The van der Waals surface area contributed by atoms with Crippen LogP contribution in [0.3, 0.4) is 0 Å². The summed E-state index contributed by atoms with van der Waals surface area (Å²) < 4.78 is 16.7. The Morgan fingerprint density at radius 2 is 1.69 bits per heavy atom. The molecule has 0 spiro atoms. The molecule has 1 aliphatic rings. The van der Waals surface area contributed by atoms with Gasteiger partial charge in [-0.25, -0.2) is 9.59 Å². The minimum Gasteiger partial charge on any atom is -0.462 e. The zero-order chi connectivity index (χ0) is 26.3. The summed E-state index contributed by atoms with van der Waals surface area (Å²) in [5.41, 5.74) is 2.64. The lowest BCUT2D eigenvalue weighted by molar-refractivity contribution is -0.144. The highest BCUT2D eigenvalue weighted by atomic mass is 16.5. The molecule has 36 heavy (non-hydrogen) atoms. The highest BCUT2D eigenvalue weighted by Crippen LogP contribution is 2.26. The number of aliphatic hydroxyl groups is 1. The van der Waals surface area contributed by atoms with E-state index in [0.29, 0.717) is 18.1 Å². The first-order valence-corrected chi connectivity index (χ1v) is 13.3. The Labute approximate surface area is 216 Å². The van der Waals surface area contributed by atoms with E-state index in [0.717, 1.165) is 37.4 Å². The first kappa shape index (κ1) is 29.8. The Hall–Kier alpha value is -2.44. The quantitative estimate of drug-likeness (QED) is 0.187. The van der Waals surface area contributed by atoms with Gasteiger partial charge in [-0.05, 0) is 62.5 Å². The van der Waals surface area contributed by atoms with Crippen LogP contribution in [0.25, 0.3) is 0 Å². The molecule has 1 fully saturated rings. The fourth-order valence-corrected chi connectivity index (χ4v) is 4.34. The van der Waals surface area contributed by atoms with Crippen LogP contribution < -0.4 is 0 Å². The number of benzene rings is 1. The van der Waals surface area contributed by atoms with E-state index in [1.165, 1.54) is 37.7 Å². The molecule has 1 heterocycles. The molecule has 0 radical (unpaired) electrons. The van der Waals surface area contributed by atoms with Crippen molar-refractivity contribution < 1.29 is 28.9 Å². The Morgan fingerprint density at radius 1 is 1.03 bits per heavy atom. The lowest BCUT2D eigenvalue weighted by atomic mass is 9.91. The Kier molecular flexibility index (Phi) is 13.5. The number of esters is 2. The minimum atomic E-state index is -0.652. The first-order chi connectivity index (χ1) is 17.3. The van der Waals surface area contributed by atoms with Gasteiger partial charge in [-0.2, -0.15) is 0 Å². The summed E-state index contributed by atoms with van der Waals surface area (Å²) in [4.78, 5) is 23.7. The molecular weight excluding hydrogens is 456 g/mol. The van der Waals surface area contributed by atoms with Crippen molar-refractivity contribution in [2.45, 2.75) is 77.7 Å². The molecule has 0 bridgehead atoms. The van der Waals surface area contributed by atoms with Crippen molar-refractivity contribution in [3.63, 3.8) is 0 Å². The summed E-state index contributed by atoms with van der Waals surface area (Å²) >= 11 is 0. The third-order valence-corrected chi connectivity index (χ3v) is 6.71. The molecule has 1 aromatic carbocycles. The number of aliphatic hydroxyl groups excluding tert-OH is 1. The summed E-state index contributed by atoms with van der Waals surface area (Å²) in [5.74, 6) is -0.619. The number of hydrogen-bond donors (Lipinski definition) is 1. The van der Waals surface area contributed by atoms with Gasteiger partial charge in [-0.3, -0.25) is 0 Å². The molecule has 200 valence electrons. The third kappa shape index (κ3) is 11.1. The normalized spacial score (nSPS) is 18.3. The van der Waals surface area contributed by atoms with Crippen LogP contribution in [-0.2, 0) is 36.6 Å². The topological polar surface area (TPSA) is 82.1 Å². The van der Waals surface area contributed by atoms with E-state index in [9.17, 15) is 9.59 Å². The number of carbonyl (C=O) groups excluding carboxylic acids is 2. The Morgan fingerprint density at radius 3 is 2.28 bits per heavy atom. The van der Waals surface area contributed by atoms with Crippen molar-refractivity contribution in [1.82, 2.24) is 0 Å². The van der Waals surface area contributed by atoms with E-state index in [4.69, 9.17) is 19.3 Å². The van der Waals surface area contributed by atoms with Crippen LogP contribution in [-0.4, -0.2) is 49.6 Å². The zero-order valence-electron chi connectivity index (χ0n) is 22.1. The van der Waals surface area contributed by atoms with Crippen molar-refractivity contribution >= 4 is 11.9 Å². The standard InChI is InChI=1S/C30H44O6/c1-5-6-7-8-26-14-16-28(34-19-26)15-13-24-9-11-25(12-10-24)17-27(20-35-29(32)22(2)3)21-36-30(33)23(4)18-31/h9-12,26-28,31H,2,4-8,13-21H2,1,3H3. The minimum absolute atomic E-state index is 0.00834. The van der Waals surface area contributed by atoms with Gasteiger partial charge in [-0.15, -0.1) is 0 Å². The van der Waals surface area contributed by atoms with Crippen LogP contribution in [0, 0.1) is 11.8 Å². The molecule has 3 unspecified atom stereocenters. The molecule has 1 saturated heterocycles. The van der Waals surface area contributed by atoms with Gasteiger partial charge in [0.25, 0.3) is 0 Å².